The highest BCUT2D eigenvalue weighted by atomic mass is 16.1. The van der Waals surface area contributed by atoms with Gasteiger partial charge in [0.05, 0.1) is 12.2 Å². The fourth-order valence-corrected chi connectivity index (χ4v) is 2.35. The molecule has 25 heavy (non-hydrogen) atoms. The van der Waals surface area contributed by atoms with Crippen molar-refractivity contribution in [3.05, 3.63) is 83.9 Å². The van der Waals surface area contributed by atoms with Gasteiger partial charge in [0.25, 0.3) is 5.91 Å². The van der Waals surface area contributed by atoms with Gasteiger partial charge in [-0.25, -0.2) is 9.97 Å². The molecule has 0 aliphatic heterocycles. The van der Waals surface area contributed by atoms with Crippen molar-refractivity contribution in [3.8, 4) is 0 Å². The Kier molecular flexibility index (Phi) is 5.31. The Morgan fingerprint density at radius 1 is 1.00 bits per heavy atom. The molecular formula is C19H19N5O. The van der Waals surface area contributed by atoms with Gasteiger partial charge in [-0.2, -0.15) is 0 Å². The van der Waals surface area contributed by atoms with Crippen molar-refractivity contribution in [3.63, 3.8) is 0 Å². The predicted octanol–water partition coefficient (Wildman–Crippen LogP) is 2.44. The average Bonchev–Trinajstić information content (AvgIpc) is 2.68. The first-order valence-electron chi connectivity index (χ1n) is 7.98. The minimum Gasteiger partial charge on any atom is -0.345 e. The van der Waals surface area contributed by atoms with Crippen LogP contribution < -0.4 is 10.2 Å². The molecule has 6 nitrogen and oxygen atoms in total. The Labute approximate surface area is 146 Å². The second-order valence-electron chi connectivity index (χ2n) is 5.59. The molecule has 0 radical (unpaired) electrons. The zero-order chi connectivity index (χ0) is 17.5. The van der Waals surface area contributed by atoms with E-state index in [0.29, 0.717) is 24.7 Å². The van der Waals surface area contributed by atoms with Gasteiger partial charge in [-0.15, -0.1) is 0 Å². The van der Waals surface area contributed by atoms with Gasteiger partial charge in [-0.3, -0.25) is 9.78 Å². The summed E-state index contributed by atoms with van der Waals surface area (Å²) < 4.78 is 0. The number of benzene rings is 1. The summed E-state index contributed by atoms with van der Waals surface area (Å²) in [5.41, 5.74) is 2.28. The SMILES string of the molecule is CN(Cc1ccccc1)c1nccc(C(=O)NCc2ccccn2)n1. The van der Waals surface area contributed by atoms with Crippen molar-refractivity contribution >= 4 is 11.9 Å². The minimum absolute atomic E-state index is 0.248. The van der Waals surface area contributed by atoms with Crippen LogP contribution in [0.5, 0.6) is 0 Å². The molecule has 0 aliphatic carbocycles. The largest absolute Gasteiger partial charge is 0.345 e. The first-order chi connectivity index (χ1) is 12.2. The van der Waals surface area contributed by atoms with Crippen LogP contribution in [0.25, 0.3) is 0 Å². The molecule has 0 unspecified atom stereocenters. The number of carbonyl (C=O) groups is 1. The molecule has 0 saturated carbocycles. The number of hydrogen-bond acceptors (Lipinski definition) is 5. The highest BCUT2D eigenvalue weighted by molar-refractivity contribution is 5.92. The standard InChI is InChI=1S/C19H19N5O/c1-24(14-15-7-3-2-4-8-15)19-21-12-10-17(23-19)18(25)22-13-16-9-5-6-11-20-16/h2-12H,13-14H2,1H3,(H,22,25). The van der Waals surface area contributed by atoms with Crippen molar-refractivity contribution in [1.29, 1.82) is 0 Å². The summed E-state index contributed by atoms with van der Waals surface area (Å²) in [4.78, 5) is 27.0. The Hall–Kier alpha value is -3.28. The van der Waals surface area contributed by atoms with Gasteiger partial charge >= 0.3 is 0 Å². The molecule has 0 aliphatic rings. The lowest BCUT2D eigenvalue weighted by Gasteiger charge is -2.17. The molecule has 1 amide bonds. The highest BCUT2D eigenvalue weighted by Crippen LogP contribution is 2.10. The average molecular weight is 333 g/mol. The van der Waals surface area contributed by atoms with E-state index in [2.05, 4.69) is 20.3 Å². The normalized spacial score (nSPS) is 10.3. The van der Waals surface area contributed by atoms with Crippen LogP contribution in [-0.2, 0) is 13.1 Å². The number of carbonyl (C=O) groups excluding carboxylic acids is 1. The van der Waals surface area contributed by atoms with Crippen LogP contribution in [0.4, 0.5) is 5.95 Å². The highest BCUT2D eigenvalue weighted by Gasteiger charge is 2.11. The molecule has 1 aromatic carbocycles. The molecule has 126 valence electrons. The van der Waals surface area contributed by atoms with Gasteiger partial charge in [0.2, 0.25) is 5.95 Å². The van der Waals surface area contributed by atoms with Crippen molar-refractivity contribution in [2.24, 2.45) is 0 Å². The molecule has 3 rings (SSSR count). The second kappa shape index (κ2) is 8.01. The summed E-state index contributed by atoms with van der Waals surface area (Å²) in [7, 11) is 1.90. The summed E-state index contributed by atoms with van der Waals surface area (Å²) in [6, 6.07) is 17.2. The van der Waals surface area contributed by atoms with Crippen molar-refractivity contribution in [2.45, 2.75) is 13.1 Å². The number of aromatic nitrogens is 3. The number of amides is 1. The topological polar surface area (TPSA) is 71.0 Å². The van der Waals surface area contributed by atoms with Crippen LogP contribution >= 0.6 is 0 Å². The number of nitrogens with one attached hydrogen (secondary N) is 1. The first kappa shape index (κ1) is 16.6. The minimum atomic E-state index is -0.248. The maximum absolute atomic E-state index is 12.3. The molecular weight excluding hydrogens is 314 g/mol. The Morgan fingerprint density at radius 3 is 2.56 bits per heavy atom. The van der Waals surface area contributed by atoms with Crippen LogP contribution in [0.15, 0.2) is 67.0 Å². The monoisotopic (exact) mass is 333 g/mol. The maximum Gasteiger partial charge on any atom is 0.270 e. The van der Waals surface area contributed by atoms with Crippen molar-refractivity contribution < 1.29 is 4.79 Å². The quantitative estimate of drug-likeness (QED) is 0.750. The van der Waals surface area contributed by atoms with E-state index in [1.807, 2.05) is 60.5 Å². The van der Waals surface area contributed by atoms with E-state index in [1.165, 1.54) is 0 Å². The van der Waals surface area contributed by atoms with Crippen molar-refractivity contribution in [2.75, 3.05) is 11.9 Å². The summed E-state index contributed by atoms with van der Waals surface area (Å²) in [6.07, 6.45) is 3.29. The van der Waals surface area contributed by atoms with Gasteiger partial charge in [-0.1, -0.05) is 36.4 Å². The molecule has 6 heteroatoms. The zero-order valence-corrected chi connectivity index (χ0v) is 14.0. The van der Waals surface area contributed by atoms with E-state index >= 15 is 0 Å². The lowest BCUT2D eigenvalue weighted by atomic mass is 10.2. The molecule has 0 bridgehead atoms. The molecule has 1 N–H and O–H groups in total. The van der Waals surface area contributed by atoms with E-state index in [-0.39, 0.29) is 5.91 Å². The summed E-state index contributed by atoms with van der Waals surface area (Å²) in [5.74, 6) is 0.261. The lowest BCUT2D eigenvalue weighted by molar-refractivity contribution is 0.0945. The zero-order valence-electron chi connectivity index (χ0n) is 14.0. The molecule has 0 fully saturated rings. The third-order valence-corrected chi connectivity index (χ3v) is 3.64. The molecule has 3 aromatic rings. The predicted molar refractivity (Wildman–Crippen MR) is 96.0 cm³/mol. The summed E-state index contributed by atoms with van der Waals surface area (Å²) >= 11 is 0. The number of pyridine rings is 1. The maximum atomic E-state index is 12.3. The van der Waals surface area contributed by atoms with Gasteiger partial charge < -0.3 is 10.2 Å². The third kappa shape index (κ3) is 4.60. The van der Waals surface area contributed by atoms with Crippen LogP contribution in [0.1, 0.15) is 21.7 Å². The van der Waals surface area contributed by atoms with Gasteiger partial charge in [0.15, 0.2) is 0 Å². The molecule has 2 heterocycles. The first-order valence-corrected chi connectivity index (χ1v) is 7.98. The van der Waals surface area contributed by atoms with E-state index in [1.54, 1.807) is 18.5 Å². The van der Waals surface area contributed by atoms with Crippen LogP contribution in [0.3, 0.4) is 0 Å². The number of anilines is 1. The van der Waals surface area contributed by atoms with Gasteiger partial charge in [0.1, 0.15) is 5.69 Å². The number of nitrogens with zero attached hydrogens (tertiary/aromatic N) is 4. The summed E-state index contributed by atoms with van der Waals surface area (Å²) in [5, 5.41) is 2.82. The van der Waals surface area contributed by atoms with E-state index < -0.39 is 0 Å². The Morgan fingerprint density at radius 2 is 1.80 bits per heavy atom. The van der Waals surface area contributed by atoms with Gasteiger partial charge in [0, 0.05) is 26.0 Å². The van der Waals surface area contributed by atoms with Crippen LogP contribution in [0, 0.1) is 0 Å². The smallest absolute Gasteiger partial charge is 0.270 e. The van der Waals surface area contributed by atoms with Crippen molar-refractivity contribution in [1.82, 2.24) is 20.3 Å². The molecule has 2 aromatic heterocycles. The van der Waals surface area contributed by atoms with Crippen LogP contribution in [0.2, 0.25) is 0 Å². The number of rotatable bonds is 6. The lowest BCUT2D eigenvalue weighted by Crippen LogP contribution is -2.26. The Bertz CT molecular complexity index is 823. The summed E-state index contributed by atoms with van der Waals surface area (Å²) in [6.45, 7) is 1.03. The molecule has 0 atom stereocenters. The third-order valence-electron chi connectivity index (χ3n) is 3.64. The second-order valence-corrected chi connectivity index (χ2v) is 5.59. The van der Waals surface area contributed by atoms with E-state index in [4.69, 9.17) is 0 Å². The fraction of sp³-hybridized carbons (Fsp3) is 0.158. The Balaban J connectivity index is 1.65. The number of hydrogen-bond donors (Lipinski definition) is 1. The van der Waals surface area contributed by atoms with Crippen LogP contribution in [-0.4, -0.2) is 27.9 Å². The molecule has 0 saturated heterocycles. The van der Waals surface area contributed by atoms with Gasteiger partial charge in [-0.05, 0) is 23.8 Å². The van der Waals surface area contributed by atoms with E-state index in [0.717, 1.165) is 11.3 Å². The molecule has 0 spiro atoms. The fourth-order valence-electron chi connectivity index (χ4n) is 2.35. The van der Waals surface area contributed by atoms with E-state index in [9.17, 15) is 4.79 Å².